The third kappa shape index (κ3) is 4.41. The third-order valence-corrected chi connectivity index (χ3v) is 3.83. The minimum absolute atomic E-state index is 0.920. The van der Waals surface area contributed by atoms with Crippen LogP contribution in [0.1, 0.15) is 5.56 Å². The van der Waals surface area contributed by atoms with Crippen LogP contribution in [0.4, 0.5) is 0 Å². The number of benzene rings is 1. The number of hydrogen-bond donors (Lipinski definition) is 0. The lowest BCUT2D eigenvalue weighted by atomic mass is 10.2. The van der Waals surface area contributed by atoms with Gasteiger partial charge in [0.1, 0.15) is 0 Å². The zero-order valence-corrected chi connectivity index (χ0v) is 10.6. The summed E-state index contributed by atoms with van der Waals surface area (Å²) in [7, 11) is 0. The second kappa shape index (κ2) is 4.18. The fraction of sp³-hybridized carbons (Fsp3) is 0.143. The van der Waals surface area contributed by atoms with Crippen LogP contribution in [0, 0.1) is 0 Å². The molecule has 0 atom stereocenters. The first-order chi connectivity index (χ1) is 5.08. The van der Waals surface area contributed by atoms with Crippen molar-refractivity contribution in [1.82, 2.24) is 0 Å². The quantitative estimate of drug-likeness (QED) is 0.734. The van der Waals surface area contributed by atoms with Crippen molar-refractivity contribution >= 4 is 46.2 Å². The largest absolute Gasteiger partial charge is 0.0809 e. The monoisotopic (exact) mass is 312 g/mol. The van der Waals surface area contributed by atoms with Gasteiger partial charge in [-0.2, -0.15) is 0 Å². The Morgan fingerprint density at radius 3 is 2.18 bits per heavy atom. The van der Waals surface area contributed by atoms with Crippen LogP contribution in [-0.4, -0.2) is 0 Å². The zero-order valence-electron chi connectivity index (χ0n) is 5.71. The van der Waals surface area contributed by atoms with Crippen LogP contribution in [0.3, 0.4) is 0 Å². The highest BCUT2D eigenvalue weighted by Gasteiger charge is 2.06. The summed E-state index contributed by atoms with van der Waals surface area (Å²) in [5.41, 5.74) is 1.28. The number of halogens is 2. The SMILES string of the molecule is S=P(Br)(Br)Cc1ccccc1. The Bertz CT molecular complexity index is 267. The summed E-state index contributed by atoms with van der Waals surface area (Å²) < 4.78 is -1.43. The van der Waals surface area contributed by atoms with E-state index in [0.29, 0.717) is 0 Å². The molecular weight excluding hydrogens is 307 g/mol. The van der Waals surface area contributed by atoms with Crippen LogP contribution >= 0.6 is 34.4 Å². The Hall–Kier alpha value is 0.830. The topological polar surface area (TPSA) is 0 Å². The van der Waals surface area contributed by atoms with E-state index in [1.165, 1.54) is 5.56 Å². The van der Waals surface area contributed by atoms with Crippen LogP contribution in [0.5, 0.6) is 0 Å². The molecule has 0 nitrogen and oxygen atoms in total. The van der Waals surface area contributed by atoms with Gasteiger partial charge in [-0.1, -0.05) is 42.1 Å². The molecule has 0 unspecified atom stereocenters. The first-order valence-corrected chi connectivity index (χ1v) is 10.1. The van der Waals surface area contributed by atoms with Crippen molar-refractivity contribution in [3.05, 3.63) is 35.9 Å². The number of hydrogen-bond acceptors (Lipinski definition) is 1. The first-order valence-electron chi connectivity index (χ1n) is 3.10. The van der Waals surface area contributed by atoms with Crippen LogP contribution < -0.4 is 0 Å². The second-order valence-corrected chi connectivity index (χ2v) is 18.5. The molecule has 0 heterocycles. The summed E-state index contributed by atoms with van der Waals surface area (Å²) in [4.78, 5) is 0. The van der Waals surface area contributed by atoms with Crippen LogP contribution in [0.25, 0.3) is 0 Å². The van der Waals surface area contributed by atoms with E-state index in [4.69, 9.17) is 11.8 Å². The molecule has 0 N–H and O–H groups in total. The van der Waals surface area contributed by atoms with Crippen molar-refractivity contribution in [2.75, 3.05) is 0 Å². The van der Waals surface area contributed by atoms with E-state index in [2.05, 4.69) is 43.1 Å². The molecule has 11 heavy (non-hydrogen) atoms. The molecule has 0 saturated heterocycles. The molecule has 4 heteroatoms. The first kappa shape index (κ1) is 9.91. The Morgan fingerprint density at radius 2 is 1.73 bits per heavy atom. The molecule has 0 amide bonds. The van der Waals surface area contributed by atoms with E-state index in [9.17, 15) is 0 Å². The van der Waals surface area contributed by atoms with Gasteiger partial charge in [-0.05, 0) is 36.5 Å². The van der Waals surface area contributed by atoms with Crippen molar-refractivity contribution in [3.8, 4) is 0 Å². The predicted molar refractivity (Wildman–Crippen MR) is 62.3 cm³/mol. The Morgan fingerprint density at radius 1 is 1.18 bits per heavy atom. The summed E-state index contributed by atoms with van der Waals surface area (Å²) in [6.45, 7) is 0. The van der Waals surface area contributed by atoms with Crippen molar-refractivity contribution in [3.63, 3.8) is 0 Å². The lowest BCUT2D eigenvalue weighted by Crippen LogP contribution is -1.76. The maximum absolute atomic E-state index is 5.21. The lowest BCUT2D eigenvalue weighted by Gasteiger charge is -2.04. The van der Waals surface area contributed by atoms with Gasteiger partial charge in [-0.15, -0.1) is 0 Å². The molecule has 0 bridgehead atoms. The molecule has 1 aromatic carbocycles. The van der Waals surface area contributed by atoms with Gasteiger partial charge in [-0.3, -0.25) is 0 Å². The van der Waals surface area contributed by atoms with E-state index < -0.39 is 3.44 Å². The maximum atomic E-state index is 5.21. The highest BCUT2D eigenvalue weighted by molar-refractivity contribution is 9.74. The smallest absolute Gasteiger partial charge is 0.0729 e. The molecule has 0 aliphatic carbocycles. The molecule has 1 rings (SSSR count). The van der Waals surface area contributed by atoms with E-state index in [1.54, 1.807) is 0 Å². The lowest BCUT2D eigenvalue weighted by molar-refractivity contribution is 1.42. The maximum Gasteiger partial charge on any atom is 0.0809 e. The van der Waals surface area contributed by atoms with Crippen molar-refractivity contribution in [2.45, 2.75) is 6.16 Å². The van der Waals surface area contributed by atoms with Gasteiger partial charge in [0.05, 0.1) is 3.44 Å². The van der Waals surface area contributed by atoms with Gasteiger partial charge in [0.15, 0.2) is 0 Å². The summed E-state index contributed by atoms with van der Waals surface area (Å²) in [6.07, 6.45) is 0.920. The average Bonchev–Trinajstić information content (AvgIpc) is 1.85. The van der Waals surface area contributed by atoms with Gasteiger partial charge < -0.3 is 0 Å². The standard InChI is InChI=1S/C7H7Br2PS/c8-10(9,11)6-7-4-2-1-3-5-7/h1-5H,6H2. The van der Waals surface area contributed by atoms with E-state index in [-0.39, 0.29) is 0 Å². The van der Waals surface area contributed by atoms with Crippen LogP contribution in [0.2, 0.25) is 0 Å². The minimum atomic E-state index is -1.43. The van der Waals surface area contributed by atoms with E-state index >= 15 is 0 Å². The molecule has 0 radical (unpaired) electrons. The number of rotatable bonds is 2. The Balaban J connectivity index is 2.74. The zero-order chi connectivity index (χ0) is 8.32. The Kier molecular flexibility index (Phi) is 3.76. The molecule has 0 aliphatic heterocycles. The molecule has 0 saturated carbocycles. The van der Waals surface area contributed by atoms with E-state index in [1.807, 2.05) is 18.2 Å². The van der Waals surface area contributed by atoms with Gasteiger partial charge >= 0.3 is 0 Å². The summed E-state index contributed by atoms with van der Waals surface area (Å²) in [6, 6.07) is 10.2. The fourth-order valence-corrected chi connectivity index (χ4v) is 3.62. The molecule has 0 fully saturated rings. The highest BCUT2D eigenvalue weighted by Crippen LogP contribution is 2.64. The van der Waals surface area contributed by atoms with Gasteiger partial charge in [-0.25, -0.2) is 0 Å². The summed E-state index contributed by atoms with van der Waals surface area (Å²) in [5, 5.41) is 0. The molecule has 0 aromatic heterocycles. The average molecular weight is 314 g/mol. The summed E-state index contributed by atoms with van der Waals surface area (Å²) in [5.74, 6) is 0. The molecule has 60 valence electrons. The fourth-order valence-electron chi connectivity index (χ4n) is 0.796. The normalized spacial score (nSPS) is 11.5. The van der Waals surface area contributed by atoms with Crippen molar-refractivity contribution in [2.24, 2.45) is 0 Å². The van der Waals surface area contributed by atoms with E-state index in [0.717, 1.165) is 6.16 Å². The highest BCUT2D eigenvalue weighted by atomic mass is 79.9. The predicted octanol–water partition coefficient (Wildman–Crippen LogP) is 4.29. The molecule has 1 aromatic rings. The molecule has 0 aliphatic rings. The van der Waals surface area contributed by atoms with Crippen molar-refractivity contribution < 1.29 is 0 Å². The van der Waals surface area contributed by atoms with Crippen LogP contribution in [-0.2, 0) is 18.0 Å². The molecular formula is C7H7Br2PS. The van der Waals surface area contributed by atoms with Crippen molar-refractivity contribution in [1.29, 1.82) is 0 Å². The third-order valence-electron chi connectivity index (χ3n) is 1.21. The Labute approximate surface area is 87.9 Å². The van der Waals surface area contributed by atoms with Gasteiger partial charge in [0.2, 0.25) is 0 Å². The minimum Gasteiger partial charge on any atom is -0.0729 e. The van der Waals surface area contributed by atoms with Crippen LogP contribution in [0.15, 0.2) is 30.3 Å². The van der Waals surface area contributed by atoms with Gasteiger partial charge in [0, 0.05) is 6.16 Å². The summed E-state index contributed by atoms with van der Waals surface area (Å²) >= 11 is 12.1. The van der Waals surface area contributed by atoms with Gasteiger partial charge in [0.25, 0.3) is 0 Å². The molecule has 0 spiro atoms. The second-order valence-electron chi connectivity index (χ2n) is 2.21.